The van der Waals surface area contributed by atoms with Gasteiger partial charge in [-0.25, -0.2) is 9.18 Å². The van der Waals surface area contributed by atoms with Gasteiger partial charge in [-0.2, -0.15) is 0 Å². The summed E-state index contributed by atoms with van der Waals surface area (Å²) in [6.07, 6.45) is 0.189. The lowest BCUT2D eigenvalue weighted by atomic mass is 9.88. The van der Waals surface area contributed by atoms with E-state index in [-0.39, 0.29) is 30.6 Å². The van der Waals surface area contributed by atoms with Gasteiger partial charge in [0.05, 0.1) is 5.69 Å². The van der Waals surface area contributed by atoms with Gasteiger partial charge in [0.15, 0.2) is 5.54 Å². The molecule has 0 radical (unpaired) electrons. The Labute approximate surface area is 185 Å². The van der Waals surface area contributed by atoms with Gasteiger partial charge in [0.1, 0.15) is 5.82 Å². The van der Waals surface area contributed by atoms with E-state index in [4.69, 9.17) is 0 Å². The Bertz CT molecular complexity index is 1060. The summed E-state index contributed by atoms with van der Waals surface area (Å²) in [5, 5.41) is 4.96. The molecule has 0 saturated carbocycles. The average Bonchev–Trinajstić information content (AvgIpc) is 3.06. The van der Waals surface area contributed by atoms with Crippen molar-refractivity contribution < 1.29 is 18.8 Å². The Kier molecular flexibility index (Phi) is 5.82. The number of benzene rings is 1. The molecule has 0 bridgehead atoms. The zero-order valence-electron chi connectivity index (χ0n) is 18.1. The third-order valence-electron chi connectivity index (χ3n) is 6.10. The molecule has 2 aliphatic rings. The molecule has 1 aromatic heterocycles. The maximum absolute atomic E-state index is 13.6. The van der Waals surface area contributed by atoms with Crippen molar-refractivity contribution in [2.45, 2.75) is 38.3 Å². The molecule has 2 N–H and O–H groups in total. The Balaban J connectivity index is 1.44. The number of hydrogen-bond acceptors (Lipinski definition) is 5. The maximum Gasteiger partial charge on any atom is 0.322 e. The summed E-state index contributed by atoms with van der Waals surface area (Å²) in [5.74, 6) is -0.894. The van der Waals surface area contributed by atoms with Gasteiger partial charge in [0, 0.05) is 43.5 Å². The second-order valence-corrected chi connectivity index (χ2v) is 8.34. The molecule has 9 heteroatoms. The molecule has 1 aromatic carbocycles. The van der Waals surface area contributed by atoms with Crippen molar-refractivity contribution in [3.05, 3.63) is 59.7 Å². The van der Waals surface area contributed by atoms with Crippen LogP contribution in [-0.2, 0) is 15.1 Å². The smallest absolute Gasteiger partial charge is 0.322 e. The summed E-state index contributed by atoms with van der Waals surface area (Å²) in [6, 6.07) is 11.1. The number of carbonyl (C=O) groups excluding carboxylic acids is 3. The number of aryl methyl sites for hydroxylation is 1. The zero-order valence-corrected chi connectivity index (χ0v) is 18.1. The SMILES string of the molecule is Cc1cccc(C2(CCC(=O)N3CCN(c4cccc(F)c4)[C@@H](C)C3)NC(=O)NC2=O)n1. The monoisotopic (exact) mass is 439 g/mol. The first-order valence-corrected chi connectivity index (χ1v) is 10.7. The number of nitrogens with zero attached hydrogens (tertiary/aromatic N) is 3. The molecule has 2 atom stereocenters. The van der Waals surface area contributed by atoms with Crippen LogP contribution in [-0.4, -0.2) is 53.4 Å². The summed E-state index contributed by atoms with van der Waals surface area (Å²) in [4.78, 5) is 45.9. The van der Waals surface area contributed by atoms with Crippen molar-refractivity contribution >= 4 is 23.5 Å². The normalized spacial score (nSPS) is 23.2. The first-order chi connectivity index (χ1) is 15.3. The topological polar surface area (TPSA) is 94.6 Å². The largest absolute Gasteiger partial charge is 0.365 e. The number of amides is 4. The lowest BCUT2D eigenvalue weighted by molar-refractivity contribution is -0.133. The van der Waals surface area contributed by atoms with E-state index in [1.165, 1.54) is 12.1 Å². The van der Waals surface area contributed by atoms with Gasteiger partial charge in [0.25, 0.3) is 5.91 Å². The number of nitrogens with one attached hydrogen (secondary N) is 2. The highest BCUT2D eigenvalue weighted by Crippen LogP contribution is 2.30. The van der Waals surface area contributed by atoms with Crippen LogP contribution in [0, 0.1) is 12.7 Å². The van der Waals surface area contributed by atoms with Crippen LogP contribution in [0.4, 0.5) is 14.9 Å². The van der Waals surface area contributed by atoms with Crippen LogP contribution in [0.2, 0.25) is 0 Å². The van der Waals surface area contributed by atoms with Crippen LogP contribution in [0.3, 0.4) is 0 Å². The quantitative estimate of drug-likeness (QED) is 0.696. The molecule has 2 fully saturated rings. The minimum absolute atomic E-state index is 0.0105. The number of rotatable bonds is 5. The first kappa shape index (κ1) is 21.7. The summed E-state index contributed by atoms with van der Waals surface area (Å²) in [5.41, 5.74) is 0.551. The van der Waals surface area contributed by atoms with Gasteiger partial charge < -0.3 is 15.1 Å². The van der Waals surface area contributed by atoms with Crippen molar-refractivity contribution in [1.82, 2.24) is 20.5 Å². The predicted molar refractivity (Wildman–Crippen MR) is 116 cm³/mol. The molecule has 2 aromatic rings. The summed E-state index contributed by atoms with van der Waals surface area (Å²) in [7, 11) is 0. The Morgan fingerprint density at radius 1 is 1.22 bits per heavy atom. The Morgan fingerprint density at radius 2 is 2.00 bits per heavy atom. The number of carbonyl (C=O) groups is 3. The highest BCUT2D eigenvalue weighted by Gasteiger charge is 2.49. The molecular weight excluding hydrogens is 413 g/mol. The number of urea groups is 1. The number of piperazine rings is 1. The summed E-state index contributed by atoms with van der Waals surface area (Å²) < 4.78 is 13.6. The fraction of sp³-hybridized carbons (Fsp3) is 0.391. The van der Waals surface area contributed by atoms with Crippen molar-refractivity contribution in [2.75, 3.05) is 24.5 Å². The van der Waals surface area contributed by atoms with E-state index in [1.807, 2.05) is 13.0 Å². The van der Waals surface area contributed by atoms with Crippen LogP contribution >= 0.6 is 0 Å². The third kappa shape index (κ3) is 4.15. The van der Waals surface area contributed by atoms with Gasteiger partial charge in [-0.1, -0.05) is 12.1 Å². The molecule has 3 heterocycles. The molecule has 8 nitrogen and oxygen atoms in total. The van der Waals surface area contributed by atoms with E-state index >= 15 is 0 Å². The van der Waals surface area contributed by atoms with E-state index < -0.39 is 17.5 Å². The van der Waals surface area contributed by atoms with Crippen LogP contribution in [0.1, 0.15) is 31.2 Å². The van der Waals surface area contributed by atoms with Gasteiger partial charge >= 0.3 is 6.03 Å². The predicted octanol–water partition coefficient (Wildman–Crippen LogP) is 2.08. The first-order valence-electron chi connectivity index (χ1n) is 10.7. The molecule has 1 unspecified atom stereocenters. The molecule has 32 heavy (non-hydrogen) atoms. The van der Waals surface area contributed by atoms with Gasteiger partial charge in [0.2, 0.25) is 5.91 Å². The second-order valence-electron chi connectivity index (χ2n) is 8.34. The number of imide groups is 1. The molecule has 0 aliphatic carbocycles. The van der Waals surface area contributed by atoms with E-state index in [1.54, 1.807) is 36.1 Å². The molecule has 168 valence electrons. The van der Waals surface area contributed by atoms with Crippen LogP contribution in [0.25, 0.3) is 0 Å². The van der Waals surface area contributed by atoms with Gasteiger partial charge in [-0.3, -0.25) is 19.9 Å². The molecule has 4 amide bonds. The molecule has 2 saturated heterocycles. The van der Waals surface area contributed by atoms with Crippen LogP contribution < -0.4 is 15.5 Å². The summed E-state index contributed by atoms with van der Waals surface area (Å²) >= 11 is 0. The number of pyridine rings is 1. The van der Waals surface area contributed by atoms with Crippen molar-refractivity contribution in [3.8, 4) is 0 Å². The Morgan fingerprint density at radius 3 is 2.66 bits per heavy atom. The number of hydrogen-bond donors (Lipinski definition) is 2. The van der Waals surface area contributed by atoms with Crippen LogP contribution in [0.5, 0.6) is 0 Å². The fourth-order valence-electron chi connectivity index (χ4n) is 4.43. The maximum atomic E-state index is 13.6. The highest BCUT2D eigenvalue weighted by molar-refractivity contribution is 6.07. The molecule has 4 rings (SSSR count). The highest BCUT2D eigenvalue weighted by atomic mass is 19.1. The second kappa shape index (κ2) is 8.57. The van der Waals surface area contributed by atoms with E-state index in [0.29, 0.717) is 31.0 Å². The minimum Gasteiger partial charge on any atom is -0.365 e. The Hall–Kier alpha value is -3.49. The molecular formula is C23H26FN5O3. The van der Waals surface area contributed by atoms with E-state index in [0.717, 1.165) is 5.69 Å². The molecule has 2 aliphatic heterocycles. The summed E-state index contributed by atoms with van der Waals surface area (Å²) in [6.45, 7) is 5.36. The van der Waals surface area contributed by atoms with Gasteiger partial charge in [-0.05, 0) is 50.6 Å². The van der Waals surface area contributed by atoms with E-state index in [2.05, 4.69) is 20.5 Å². The average molecular weight is 439 g/mol. The lowest BCUT2D eigenvalue weighted by Crippen LogP contribution is -2.54. The standard InChI is InChI=1S/C23H26FN5O3/c1-15-5-3-8-19(25-15)23(21(31)26-22(32)27-23)10-9-20(30)28-11-12-29(16(2)14-28)18-7-4-6-17(24)13-18/h3-8,13,16H,9-12,14H2,1-2H3,(H2,26,27,31,32)/t16-,23?/m0/s1. The third-order valence-corrected chi connectivity index (χ3v) is 6.10. The van der Waals surface area contributed by atoms with Crippen molar-refractivity contribution in [3.63, 3.8) is 0 Å². The minimum atomic E-state index is -1.37. The number of halogens is 1. The van der Waals surface area contributed by atoms with Gasteiger partial charge in [-0.15, -0.1) is 0 Å². The zero-order chi connectivity index (χ0) is 22.9. The number of anilines is 1. The van der Waals surface area contributed by atoms with Crippen LogP contribution in [0.15, 0.2) is 42.5 Å². The van der Waals surface area contributed by atoms with E-state index in [9.17, 15) is 18.8 Å². The van der Waals surface area contributed by atoms with Crippen molar-refractivity contribution in [1.29, 1.82) is 0 Å². The lowest BCUT2D eigenvalue weighted by Gasteiger charge is -2.41. The van der Waals surface area contributed by atoms with Crippen molar-refractivity contribution in [2.24, 2.45) is 0 Å². The molecule has 0 spiro atoms. The fourth-order valence-corrected chi connectivity index (χ4v) is 4.43. The number of aromatic nitrogens is 1.